The molecule has 0 aliphatic rings. The zero-order valence-corrected chi connectivity index (χ0v) is 9.81. The van der Waals surface area contributed by atoms with Crippen LogP contribution in [-0.4, -0.2) is 14.8 Å². The number of rotatable bonds is 1. The van der Waals surface area contributed by atoms with Crippen LogP contribution in [0, 0.1) is 0 Å². The number of nitrogens with two attached hydrogens (primary N) is 1. The largest absolute Gasteiger partial charge is 0.368 e. The second-order valence-electron chi connectivity index (χ2n) is 4.79. The maximum atomic E-state index is 5.86. The van der Waals surface area contributed by atoms with Crippen molar-refractivity contribution in [2.45, 2.75) is 26.2 Å². The van der Waals surface area contributed by atoms with E-state index in [-0.39, 0.29) is 5.41 Å². The van der Waals surface area contributed by atoms with Crippen LogP contribution in [-0.2, 0) is 5.41 Å². The van der Waals surface area contributed by atoms with E-state index in [9.17, 15) is 0 Å². The minimum atomic E-state index is -0.0891. The highest BCUT2D eigenvalue weighted by Crippen LogP contribution is 2.21. The molecule has 2 rings (SSSR count). The third kappa shape index (κ3) is 1.91. The van der Waals surface area contributed by atoms with Gasteiger partial charge in [-0.25, -0.2) is 0 Å². The Kier molecular flexibility index (Phi) is 2.42. The van der Waals surface area contributed by atoms with Gasteiger partial charge < -0.3 is 5.73 Å². The van der Waals surface area contributed by atoms with Crippen LogP contribution in [0.2, 0.25) is 0 Å². The van der Waals surface area contributed by atoms with Gasteiger partial charge in [0.15, 0.2) is 5.82 Å². The van der Waals surface area contributed by atoms with E-state index >= 15 is 0 Å². The van der Waals surface area contributed by atoms with Crippen molar-refractivity contribution in [1.29, 1.82) is 0 Å². The molecular formula is C12H16N4. The molecule has 1 heterocycles. The van der Waals surface area contributed by atoms with Gasteiger partial charge in [-0.1, -0.05) is 39.0 Å². The first-order valence-electron chi connectivity index (χ1n) is 5.27. The average molecular weight is 216 g/mol. The van der Waals surface area contributed by atoms with Gasteiger partial charge in [0, 0.05) is 5.41 Å². The number of para-hydroxylation sites is 1. The maximum absolute atomic E-state index is 5.86. The van der Waals surface area contributed by atoms with Gasteiger partial charge in [-0.3, -0.25) is 0 Å². The number of hydrogen-bond donors (Lipinski definition) is 1. The van der Waals surface area contributed by atoms with Crippen molar-refractivity contribution < 1.29 is 0 Å². The van der Waals surface area contributed by atoms with Crippen molar-refractivity contribution in [2.75, 3.05) is 5.73 Å². The molecule has 2 aromatic rings. The summed E-state index contributed by atoms with van der Waals surface area (Å²) in [5, 5.41) is 4.43. The van der Waals surface area contributed by atoms with Crippen LogP contribution in [0.25, 0.3) is 5.69 Å². The standard InChI is InChI=1S/C12H16N4/c1-12(2,3)10-14-11(13)16(15-10)9-7-5-4-6-8-9/h4-8H,1-3H3,(H2,13,14,15). The van der Waals surface area contributed by atoms with Crippen LogP contribution in [0.15, 0.2) is 30.3 Å². The Morgan fingerprint density at radius 2 is 1.75 bits per heavy atom. The summed E-state index contributed by atoms with van der Waals surface area (Å²) in [5.74, 6) is 1.19. The average Bonchev–Trinajstić information content (AvgIpc) is 2.61. The second kappa shape index (κ2) is 3.63. The summed E-state index contributed by atoms with van der Waals surface area (Å²) >= 11 is 0. The Labute approximate surface area is 95.1 Å². The van der Waals surface area contributed by atoms with Crippen molar-refractivity contribution in [2.24, 2.45) is 0 Å². The molecule has 0 saturated carbocycles. The lowest BCUT2D eigenvalue weighted by Gasteiger charge is -2.12. The summed E-state index contributed by atoms with van der Waals surface area (Å²) in [6, 6.07) is 9.77. The molecule has 0 saturated heterocycles. The summed E-state index contributed by atoms with van der Waals surface area (Å²) in [7, 11) is 0. The first kappa shape index (κ1) is 10.7. The Hall–Kier alpha value is -1.84. The first-order chi connectivity index (χ1) is 7.48. The molecule has 0 aliphatic heterocycles. The van der Waals surface area contributed by atoms with Gasteiger partial charge in [0.25, 0.3) is 0 Å². The Morgan fingerprint density at radius 3 is 2.25 bits per heavy atom. The number of aromatic nitrogens is 3. The fourth-order valence-electron chi connectivity index (χ4n) is 1.40. The Bertz CT molecular complexity index is 479. The highest BCUT2D eigenvalue weighted by Gasteiger charge is 2.21. The highest BCUT2D eigenvalue weighted by molar-refractivity contribution is 5.37. The summed E-state index contributed by atoms with van der Waals surface area (Å²) in [5.41, 5.74) is 6.70. The molecular weight excluding hydrogens is 200 g/mol. The van der Waals surface area contributed by atoms with Crippen LogP contribution in [0.5, 0.6) is 0 Å². The molecule has 1 aromatic heterocycles. The first-order valence-corrected chi connectivity index (χ1v) is 5.27. The maximum Gasteiger partial charge on any atom is 0.223 e. The van der Waals surface area contributed by atoms with Crippen molar-refractivity contribution in [1.82, 2.24) is 14.8 Å². The molecule has 0 aliphatic carbocycles. The summed E-state index contributed by atoms with van der Waals surface area (Å²) in [4.78, 5) is 4.29. The van der Waals surface area contributed by atoms with Crippen molar-refractivity contribution in [3.8, 4) is 5.69 Å². The van der Waals surface area contributed by atoms with Gasteiger partial charge >= 0.3 is 0 Å². The molecule has 0 spiro atoms. The summed E-state index contributed by atoms with van der Waals surface area (Å²) in [6.07, 6.45) is 0. The van der Waals surface area contributed by atoms with Crippen molar-refractivity contribution in [3.05, 3.63) is 36.2 Å². The number of nitrogen functional groups attached to an aromatic ring is 1. The molecule has 4 nitrogen and oxygen atoms in total. The molecule has 0 amide bonds. The van der Waals surface area contributed by atoms with Crippen LogP contribution in [0.3, 0.4) is 0 Å². The zero-order valence-electron chi connectivity index (χ0n) is 9.81. The van der Waals surface area contributed by atoms with E-state index in [1.54, 1.807) is 4.68 Å². The quantitative estimate of drug-likeness (QED) is 0.794. The lowest BCUT2D eigenvalue weighted by molar-refractivity contribution is 0.543. The van der Waals surface area contributed by atoms with E-state index in [2.05, 4.69) is 30.9 Å². The fraction of sp³-hybridized carbons (Fsp3) is 0.333. The van der Waals surface area contributed by atoms with E-state index in [4.69, 9.17) is 5.73 Å². The monoisotopic (exact) mass is 216 g/mol. The minimum absolute atomic E-state index is 0.0891. The molecule has 4 heteroatoms. The SMILES string of the molecule is CC(C)(C)c1nc(N)n(-c2ccccc2)n1. The van der Waals surface area contributed by atoms with Crippen LogP contribution >= 0.6 is 0 Å². The lowest BCUT2D eigenvalue weighted by Crippen LogP contribution is -2.14. The Morgan fingerprint density at radius 1 is 1.12 bits per heavy atom. The van der Waals surface area contributed by atoms with Gasteiger partial charge in [0.1, 0.15) is 0 Å². The summed E-state index contributed by atoms with van der Waals surface area (Å²) in [6.45, 7) is 6.20. The third-order valence-corrected chi connectivity index (χ3v) is 2.30. The fourth-order valence-corrected chi connectivity index (χ4v) is 1.40. The van der Waals surface area contributed by atoms with Crippen LogP contribution in [0.4, 0.5) is 5.95 Å². The number of anilines is 1. The van der Waals surface area contributed by atoms with Gasteiger partial charge in [-0.05, 0) is 12.1 Å². The predicted molar refractivity (Wildman–Crippen MR) is 64.5 cm³/mol. The number of hydrogen-bond acceptors (Lipinski definition) is 3. The molecule has 0 radical (unpaired) electrons. The topological polar surface area (TPSA) is 56.7 Å². The van der Waals surface area contributed by atoms with Crippen LogP contribution < -0.4 is 5.73 Å². The molecule has 16 heavy (non-hydrogen) atoms. The molecule has 0 fully saturated rings. The Balaban J connectivity index is 2.48. The van der Waals surface area contributed by atoms with Gasteiger partial charge in [-0.15, -0.1) is 5.10 Å². The smallest absolute Gasteiger partial charge is 0.223 e. The summed E-state index contributed by atoms with van der Waals surface area (Å²) < 4.78 is 1.67. The molecule has 2 N–H and O–H groups in total. The molecule has 0 unspecified atom stereocenters. The van der Waals surface area contributed by atoms with E-state index in [0.717, 1.165) is 11.5 Å². The van der Waals surface area contributed by atoms with E-state index in [1.165, 1.54) is 0 Å². The minimum Gasteiger partial charge on any atom is -0.368 e. The third-order valence-electron chi connectivity index (χ3n) is 2.30. The van der Waals surface area contributed by atoms with E-state index in [1.807, 2.05) is 30.3 Å². The molecule has 0 atom stereocenters. The molecule has 1 aromatic carbocycles. The zero-order chi connectivity index (χ0) is 11.8. The predicted octanol–water partition coefficient (Wildman–Crippen LogP) is 2.15. The second-order valence-corrected chi connectivity index (χ2v) is 4.79. The van der Waals surface area contributed by atoms with Crippen LogP contribution in [0.1, 0.15) is 26.6 Å². The lowest BCUT2D eigenvalue weighted by atomic mass is 9.96. The van der Waals surface area contributed by atoms with E-state index < -0.39 is 0 Å². The van der Waals surface area contributed by atoms with Gasteiger partial charge in [0.2, 0.25) is 5.95 Å². The number of benzene rings is 1. The number of nitrogens with zero attached hydrogens (tertiary/aromatic N) is 3. The molecule has 84 valence electrons. The normalized spacial score (nSPS) is 11.7. The van der Waals surface area contributed by atoms with Gasteiger partial charge in [0.05, 0.1) is 5.69 Å². The highest BCUT2D eigenvalue weighted by atomic mass is 15.4. The van der Waals surface area contributed by atoms with Gasteiger partial charge in [-0.2, -0.15) is 9.67 Å². The molecule has 0 bridgehead atoms. The van der Waals surface area contributed by atoms with Crippen molar-refractivity contribution >= 4 is 5.95 Å². The van der Waals surface area contributed by atoms with Crippen molar-refractivity contribution in [3.63, 3.8) is 0 Å². The van der Waals surface area contributed by atoms with E-state index in [0.29, 0.717) is 5.95 Å².